The van der Waals surface area contributed by atoms with Crippen molar-refractivity contribution in [1.82, 2.24) is 20.6 Å². The van der Waals surface area contributed by atoms with Crippen molar-refractivity contribution in [3.05, 3.63) is 41.2 Å². The minimum atomic E-state index is -1.09. The number of aryl methyl sites for hydroxylation is 1. The highest BCUT2D eigenvalue weighted by Crippen LogP contribution is 2.35. The quantitative estimate of drug-likeness (QED) is 0.313. The highest BCUT2D eigenvalue weighted by atomic mass is 16.4. The van der Waals surface area contributed by atoms with Crippen molar-refractivity contribution in [2.75, 3.05) is 41.7 Å². The number of hydrogen-bond donors (Lipinski definition) is 5. The van der Waals surface area contributed by atoms with E-state index in [4.69, 9.17) is 0 Å². The van der Waals surface area contributed by atoms with Gasteiger partial charge in [0.15, 0.2) is 0 Å². The molecule has 1 atom stereocenters. The molecule has 5 N–H and O–H groups in total. The topological polar surface area (TPSA) is 132 Å². The van der Waals surface area contributed by atoms with Gasteiger partial charge in [-0.15, -0.1) is 0 Å². The van der Waals surface area contributed by atoms with Crippen LogP contribution in [0.25, 0.3) is 0 Å². The van der Waals surface area contributed by atoms with Gasteiger partial charge in [0.2, 0.25) is 0 Å². The van der Waals surface area contributed by atoms with Crippen LogP contribution in [0.3, 0.4) is 0 Å². The van der Waals surface area contributed by atoms with Gasteiger partial charge < -0.3 is 31.3 Å². The molecule has 10 heteroatoms. The molecule has 2 amide bonds. The van der Waals surface area contributed by atoms with Gasteiger partial charge in [0.1, 0.15) is 24.0 Å². The third kappa shape index (κ3) is 6.77. The van der Waals surface area contributed by atoms with Crippen LogP contribution < -0.4 is 26.2 Å². The molecule has 2 fully saturated rings. The molecule has 1 saturated heterocycles. The molecule has 0 unspecified atom stereocenters. The van der Waals surface area contributed by atoms with Crippen molar-refractivity contribution in [2.45, 2.75) is 89.1 Å². The maximum Gasteiger partial charge on any atom is 0.328 e. The first-order valence-electron chi connectivity index (χ1n) is 15.0. The fraction of sp³-hybridized carbons (Fsp3) is 0.600. The number of aromatic nitrogens is 2. The number of carboxylic acid groups (broad SMARTS) is 1. The summed E-state index contributed by atoms with van der Waals surface area (Å²) >= 11 is 0. The van der Waals surface area contributed by atoms with Gasteiger partial charge in [-0.05, 0) is 68.1 Å². The molecule has 1 aromatic heterocycles. The number of amides is 2. The van der Waals surface area contributed by atoms with Gasteiger partial charge in [-0.25, -0.2) is 19.6 Å². The van der Waals surface area contributed by atoms with Crippen LogP contribution in [0.5, 0.6) is 0 Å². The summed E-state index contributed by atoms with van der Waals surface area (Å²) in [6.45, 7) is 4.95. The second-order valence-corrected chi connectivity index (χ2v) is 11.3. The Morgan fingerprint density at radius 2 is 1.90 bits per heavy atom. The van der Waals surface area contributed by atoms with Crippen LogP contribution in [-0.4, -0.2) is 65.3 Å². The lowest BCUT2D eigenvalue weighted by atomic mass is 9.87. The molecule has 1 aliphatic carbocycles. The molecule has 10 nitrogen and oxygen atoms in total. The van der Waals surface area contributed by atoms with E-state index >= 15 is 0 Å². The van der Waals surface area contributed by atoms with Crippen LogP contribution in [0.4, 0.5) is 22.1 Å². The number of benzene rings is 1. The molecule has 1 saturated carbocycles. The number of rotatable bonds is 9. The number of anilines is 3. The Kier molecular flexibility index (Phi) is 9.23. The molecule has 0 spiro atoms. The van der Waals surface area contributed by atoms with E-state index in [2.05, 4.69) is 61.3 Å². The summed E-state index contributed by atoms with van der Waals surface area (Å²) in [6.07, 6.45) is 12.0. The summed E-state index contributed by atoms with van der Waals surface area (Å²) in [7, 11) is 0. The van der Waals surface area contributed by atoms with Crippen LogP contribution in [0.1, 0.15) is 80.9 Å². The molecule has 2 aliphatic heterocycles. The minimum absolute atomic E-state index is 0.0330. The van der Waals surface area contributed by atoms with Crippen molar-refractivity contribution in [3.63, 3.8) is 0 Å². The number of carboxylic acids is 1. The molecule has 5 rings (SSSR count). The standard InChI is InChI=1S/C30H43N7O3/c1-2-24-27(32-18-26(29(38)39)36-30(40)35-23-8-4-3-5-9-23)33-19-34-28(24)37-15-12-20(13-16-37)22-11-10-21-7-6-14-31-25(21)17-22/h10-11,17,19-20,23,26,31H,2-9,12-16,18H2,1H3,(H,38,39)(H,32,33,34)(H2,35,36,40)/t26-/m0/s1. The summed E-state index contributed by atoms with van der Waals surface area (Å²) in [5.41, 5.74) is 5.10. The van der Waals surface area contributed by atoms with Crippen molar-refractivity contribution >= 4 is 29.3 Å². The summed E-state index contributed by atoms with van der Waals surface area (Å²) in [5, 5.41) is 22.0. The van der Waals surface area contributed by atoms with Gasteiger partial charge in [0.05, 0.1) is 0 Å². The number of carbonyl (C=O) groups is 2. The molecular weight excluding hydrogens is 506 g/mol. The number of nitrogens with zero attached hydrogens (tertiary/aromatic N) is 3. The number of carbonyl (C=O) groups excluding carboxylic acids is 1. The molecule has 2 aromatic rings. The van der Waals surface area contributed by atoms with Gasteiger partial charge in [-0.2, -0.15) is 0 Å². The van der Waals surface area contributed by atoms with Crippen molar-refractivity contribution in [3.8, 4) is 0 Å². The average Bonchev–Trinajstić information content (AvgIpc) is 2.99. The summed E-state index contributed by atoms with van der Waals surface area (Å²) in [5.74, 6) is 0.964. The van der Waals surface area contributed by atoms with Gasteiger partial charge in [-0.1, -0.05) is 38.3 Å². The number of nitrogens with one attached hydrogen (secondary N) is 4. The first-order valence-corrected chi connectivity index (χ1v) is 15.0. The number of piperidine rings is 1. The van der Waals surface area contributed by atoms with Crippen LogP contribution in [-0.2, 0) is 17.6 Å². The third-order valence-corrected chi connectivity index (χ3v) is 8.63. The summed E-state index contributed by atoms with van der Waals surface area (Å²) < 4.78 is 0. The molecule has 0 radical (unpaired) electrons. The van der Waals surface area contributed by atoms with Gasteiger partial charge in [-0.3, -0.25) is 0 Å². The zero-order valence-electron chi connectivity index (χ0n) is 23.5. The van der Waals surface area contributed by atoms with Crippen LogP contribution in [0.15, 0.2) is 24.5 Å². The lowest BCUT2D eigenvalue weighted by molar-refractivity contribution is -0.138. The summed E-state index contributed by atoms with van der Waals surface area (Å²) in [4.78, 5) is 35.8. The second kappa shape index (κ2) is 13.2. The largest absolute Gasteiger partial charge is 0.480 e. The first-order chi connectivity index (χ1) is 19.5. The highest BCUT2D eigenvalue weighted by molar-refractivity contribution is 5.83. The van der Waals surface area contributed by atoms with Crippen molar-refractivity contribution < 1.29 is 14.7 Å². The second-order valence-electron chi connectivity index (χ2n) is 11.3. The third-order valence-electron chi connectivity index (χ3n) is 8.63. The van der Waals surface area contributed by atoms with Crippen molar-refractivity contribution in [2.24, 2.45) is 0 Å². The lowest BCUT2D eigenvalue weighted by Gasteiger charge is -2.34. The normalized spacial score (nSPS) is 18.8. The Bertz CT molecular complexity index is 1180. The van der Waals surface area contributed by atoms with E-state index in [1.165, 1.54) is 36.0 Å². The van der Waals surface area contributed by atoms with E-state index in [1.807, 2.05) is 0 Å². The van der Waals surface area contributed by atoms with E-state index in [9.17, 15) is 14.7 Å². The molecule has 216 valence electrons. The van der Waals surface area contributed by atoms with Crippen LogP contribution >= 0.6 is 0 Å². The molecular formula is C30H43N7O3. The fourth-order valence-electron chi connectivity index (χ4n) is 6.34. The first kappa shape index (κ1) is 28.0. The minimum Gasteiger partial charge on any atom is -0.480 e. The van der Waals surface area contributed by atoms with Gasteiger partial charge in [0.25, 0.3) is 0 Å². The predicted molar refractivity (Wildman–Crippen MR) is 157 cm³/mol. The highest BCUT2D eigenvalue weighted by Gasteiger charge is 2.26. The lowest BCUT2D eigenvalue weighted by Crippen LogP contribution is -2.51. The zero-order chi connectivity index (χ0) is 27.9. The Hall–Kier alpha value is -3.56. The van der Waals surface area contributed by atoms with Crippen molar-refractivity contribution in [1.29, 1.82) is 0 Å². The predicted octanol–water partition coefficient (Wildman–Crippen LogP) is 4.28. The Morgan fingerprint density at radius 1 is 1.10 bits per heavy atom. The monoisotopic (exact) mass is 549 g/mol. The number of hydrogen-bond acceptors (Lipinski definition) is 7. The zero-order valence-corrected chi connectivity index (χ0v) is 23.5. The number of aliphatic carboxylic acids is 1. The maximum atomic E-state index is 12.5. The average molecular weight is 550 g/mol. The smallest absolute Gasteiger partial charge is 0.328 e. The van der Waals surface area contributed by atoms with E-state index in [0.717, 1.165) is 76.0 Å². The Morgan fingerprint density at radius 3 is 2.65 bits per heavy atom. The molecule has 3 heterocycles. The number of fused-ring (bicyclic) bond motifs is 1. The molecule has 40 heavy (non-hydrogen) atoms. The van der Waals surface area contributed by atoms with Crippen LogP contribution in [0.2, 0.25) is 0 Å². The van der Waals surface area contributed by atoms with E-state index in [0.29, 0.717) is 18.2 Å². The molecule has 0 bridgehead atoms. The molecule has 3 aliphatic rings. The maximum absolute atomic E-state index is 12.5. The Labute approximate surface area is 236 Å². The number of urea groups is 1. The Balaban J connectivity index is 1.19. The SMILES string of the molecule is CCc1c(NC[C@H](NC(=O)NC2CCCCC2)C(=O)O)ncnc1N1CCC(c2ccc3c(c2)NCCC3)CC1. The summed E-state index contributed by atoms with van der Waals surface area (Å²) in [6, 6.07) is 5.55. The van der Waals surface area contributed by atoms with Crippen LogP contribution in [0, 0.1) is 0 Å². The van der Waals surface area contributed by atoms with Gasteiger partial charge >= 0.3 is 12.0 Å². The van der Waals surface area contributed by atoms with Gasteiger partial charge in [0, 0.05) is 43.5 Å². The fourth-order valence-corrected chi connectivity index (χ4v) is 6.34. The van der Waals surface area contributed by atoms with E-state index in [1.54, 1.807) is 0 Å². The van der Waals surface area contributed by atoms with E-state index < -0.39 is 18.0 Å². The molecule has 1 aromatic carbocycles. The van der Waals surface area contributed by atoms with E-state index in [-0.39, 0.29) is 12.6 Å².